The van der Waals surface area contributed by atoms with E-state index < -0.39 is 17.8 Å². The molecule has 25 heavy (non-hydrogen) atoms. The Morgan fingerprint density at radius 2 is 1.92 bits per heavy atom. The first-order chi connectivity index (χ1) is 12.2. The fourth-order valence-electron chi connectivity index (χ4n) is 3.41. The van der Waals surface area contributed by atoms with Crippen molar-refractivity contribution in [3.63, 3.8) is 0 Å². The van der Waals surface area contributed by atoms with Crippen LogP contribution in [0.2, 0.25) is 0 Å². The van der Waals surface area contributed by atoms with Gasteiger partial charge in [0.05, 0.1) is 12.2 Å². The van der Waals surface area contributed by atoms with E-state index in [9.17, 15) is 9.59 Å². The van der Waals surface area contributed by atoms with Crippen molar-refractivity contribution < 1.29 is 19.1 Å². The number of likely N-dealkylation sites (tertiary alicyclic amines) is 1. The standard InChI is InChI=1S/C19H18N2O4/c22-17-20-16-9-5-4-8-15(16)19(25-17)10-11-21(13-19)18(23)24-12-14-6-2-1-3-7-14/h1-9H,10-13H2,(H,20,22). The molecule has 1 unspecified atom stereocenters. The van der Waals surface area contributed by atoms with Gasteiger partial charge in [-0.1, -0.05) is 48.5 Å². The number of nitrogens with zero attached hydrogens (tertiary/aromatic N) is 1. The van der Waals surface area contributed by atoms with Crippen LogP contribution in [0.3, 0.4) is 0 Å². The normalized spacial score (nSPS) is 21.4. The Balaban J connectivity index is 1.48. The van der Waals surface area contributed by atoms with Crippen molar-refractivity contribution in [3.8, 4) is 0 Å². The van der Waals surface area contributed by atoms with Gasteiger partial charge >= 0.3 is 12.2 Å². The minimum atomic E-state index is -0.801. The van der Waals surface area contributed by atoms with Gasteiger partial charge in [0.25, 0.3) is 0 Å². The number of hydrogen-bond donors (Lipinski definition) is 1. The smallest absolute Gasteiger partial charge is 0.412 e. The molecule has 2 aliphatic rings. The highest BCUT2D eigenvalue weighted by Crippen LogP contribution is 2.42. The Hall–Kier alpha value is -3.02. The monoisotopic (exact) mass is 338 g/mol. The van der Waals surface area contributed by atoms with E-state index in [2.05, 4.69) is 5.32 Å². The van der Waals surface area contributed by atoms with Gasteiger partial charge in [-0.25, -0.2) is 9.59 Å². The summed E-state index contributed by atoms with van der Waals surface area (Å²) in [4.78, 5) is 25.9. The Morgan fingerprint density at radius 1 is 1.16 bits per heavy atom. The minimum absolute atomic E-state index is 0.223. The number of para-hydroxylation sites is 1. The van der Waals surface area contributed by atoms with Crippen LogP contribution in [0.5, 0.6) is 0 Å². The molecule has 6 heteroatoms. The van der Waals surface area contributed by atoms with Gasteiger partial charge in [0.15, 0.2) is 5.60 Å². The van der Waals surface area contributed by atoms with Crippen LogP contribution in [0.25, 0.3) is 0 Å². The second-order valence-corrected chi connectivity index (χ2v) is 6.27. The average Bonchev–Trinajstić information content (AvgIpc) is 3.05. The Labute approximate surface area is 145 Å². The fourth-order valence-corrected chi connectivity index (χ4v) is 3.41. The second kappa shape index (κ2) is 6.12. The van der Waals surface area contributed by atoms with E-state index in [4.69, 9.17) is 9.47 Å². The molecule has 1 saturated heterocycles. The molecule has 2 aliphatic heterocycles. The maximum atomic E-state index is 12.4. The van der Waals surface area contributed by atoms with Gasteiger partial charge in [0.1, 0.15) is 6.61 Å². The summed E-state index contributed by atoms with van der Waals surface area (Å²) in [5, 5.41) is 2.71. The van der Waals surface area contributed by atoms with Crippen LogP contribution >= 0.6 is 0 Å². The number of ether oxygens (including phenoxy) is 2. The van der Waals surface area contributed by atoms with Crippen LogP contribution in [0, 0.1) is 0 Å². The van der Waals surface area contributed by atoms with Crippen molar-refractivity contribution in [2.45, 2.75) is 18.6 Å². The van der Waals surface area contributed by atoms with Gasteiger partial charge in [-0.05, 0) is 11.6 Å². The lowest BCUT2D eigenvalue weighted by Gasteiger charge is -2.35. The lowest BCUT2D eigenvalue weighted by molar-refractivity contribution is 0.0170. The summed E-state index contributed by atoms with van der Waals surface area (Å²) in [6.07, 6.45) is -0.330. The first kappa shape index (κ1) is 15.5. The second-order valence-electron chi connectivity index (χ2n) is 6.27. The third-order valence-electron chi connectivity index (χ3n) is 4.64. The van der Waals surface area contributed by atoms with Crippen molar-refractivity contribution in [1.82, 2.24) is 4.90 Å². The topological polar surface area (TPSA) is 67.9 Å². The molecular weight excluding hydrogens is 320 g/mol. The summed E-state index contributed by atoms with van der Waals surface area (Å²) in [6.45, 7) is 1.00. The average molecular weight is 338 g/mol. The van der Waals surface area contributed by atoms with Crippen molar-refractivity contribution >= 4 is 17.9 Å². The van der Waals surface area contributed by atoms with E-state index in [0.717, 1.165) is 16.8 Å². The number of carbonyl (C=O) groups is 2. The Kier molecular flexibility index (Phi) is 3.80. The van der Waals surface area contributed by atoms with Crippen LogP contribution in [-0.2, 0) is 21.7 Å². The quantitative estimate of drug-likeness (QED) is 0.910. The van der Waals surface area contributed by atoms with Gasteiger partial charge in [-0.2, -0.15) is 0 Å². The zero-order valence-corrected chi connectivity index (χ0v) is 13.6. The molecule has 0 aromatic heterocycles. The fraction of sp³-hybridized carbons (Fsp3) is 0.263. The Bertz CT molecular complexity index is 808. The summed E-state index contributed by atoms with van der Waals surface area (Å²) in [5.74, 6) is 0. The molecule has 2 aromatic carbocycles. The number of fused-ring (bicyclic) bond motifs is 2. The molecule has 0 aliphatic carbocycles. The van der Waals surface area contributed by atoms with E-state index in [0.29, 0.717) is 19.5 Å². The molecule has 0 radical (unpaired) electrons. The highest BCUT2D eigenvalue weighted by Gasteiger charge is 2.48. The maximum Gasteiger partial charge on any atom is 0.412 e. The van der Waals surface area contributed by atoms with Gasteiger partial charge in [-0.3, -0.25) is 5.32 Å². The SMILES string of the molecule is O=C1Nc2ccccc2C2(CCN(C(=O)OCc3ccccc3)C2)O1. The predicted octanol–water partition coefficient (Wildman–Crippen LogP) is 3.49. The summed E-state index contributed by atoms with van der Waals surface area (Å²) < 4.78 is 11.0. The Morgan fingerprint density at radius 3 is 2.76 bits per heavy atom. The minimum Gasteiger partial charge on any atom is -0.445 e. The van der Waals surface area contributed by atoms with Crippen LogP contribution in [0.15, 0.2) is 54.6 Å². The lowest BCUT2D eigenvalue weighted by atomic mass is 9.90. The van der Waals surface area contributed by atoms with E-state index in [1.54, 1.807) is 4.90 Å². The largest absolute Gasteiger partial charge is 0.445 e. The van der Waals surface area contributed by atoms with Crippen LogP contribution in [0.1, 0.15) is 17.5 Å². The molecule has 2 heterocycles. The number of anilines is 1. The third-order valence-corrected chi connectivity index (χ3v) is 4.64. The van der Waals surface area contributed by atoms with Crippen LogP contribution in [0.4, 0.5) is 15.3 Å². The molecule has 1 N–H and O–H groups in total. The maximum absolute atomic E-state index is 12.4. The highest BCUT2D eigenvalue weighted by molar-refractivity contribution is 5.89. The van der Waals surface area contributed by atoms with Crippen LogP contribution in [-0.4, -0.2) is 30.2 Å². The zero-order chi connectivity index (χ0) is 17.3. The number of benzene rings is 2. The third kappa shape index (κ3) is 2.91. The van der Waals surface area contributed by atoms with Crippen LogP contribution < -0.4 is 5.32 Å². The molecule has 4 rings (SSSR count). The molecular formula is C19H18N2O4. The van der Waals surface area contributed by atoms with Gasteiger partial charge in [0, 0.05) is 18.5 Å². The van der Waals surface area contributed by atoms with Crippen molar-refractivity contribution in [2.24, 2.45) is 0 Å². The summed E-state index contributed by atoms with van der Waals surface area (Å²) >= 11 is 0. The summed E-state index contributed by atoms with van der Waals surface area (Å²) in [7, 11) is 0. The van der Waals surface area contributed by atoms with E-state index in [-0.39, 0.29) is 6.61 Å². The molecule has 1 spiro atoms. The van der Waals surface area contributed by atoms with Crippen molar-refractivity contribution in [2.75, 3.05) is 18.4 Å². The van der Waals surface area contributed by atoms with Gasteiger partial charge in [-0.15, -0.1) is 0 Å². The first-order valence-electron chi connectivity index (χ1n) is 8.21. The molecule has 128 valence electrons. The zero-order valence-electron chi connectivity index (χ0n) is 13.6. The summed E-state index contributed by atoms with van der Waals surface area (Å²) in [6, 6.07) is 17.1. The predicted molar refractivity (Wildman–Crippen MR) is 91.0 cm³/mol. The van der Waals surface area contributed by atoms with Crippen molar-refractivity contribution in [3.05, 3.63) is 65.7 Å². The molecule has 1 fully saturated rings. The molecule has 6 nitrogen and oxygen atoms in total. The first-order valence-corrected chi connectivity index (χ1v) is 8.21. The molecule has 1 atom stereocenters. The molecule has 2 aromatic rings. The number of amides is 2. The van der Waals surface area contributed by atoms with E-state index in [1.165, 1.54) is 0 Å². The molecule has 0 bridgehead atoms. The van der Waals surface area contributed by atoms with E-state index >= 15 is 0 Å². The van der Waals surface area contributed by atoms with E-state index in [1.807, 2.05) is 54.6 Å². The number of hydrogen-bond acceptors (Lipinski definition) is 4. The number of nitrogens with one attached hydrogen (secondary N) is 1. The number of rotatable bonds is 2. The molecule has 0 saturated carbocycles. The number of carbonyl (C=O) groups excluding carboxylic acids is 2. The van der Waals surface area contributed by atoms with Gasteiger partial charge in [0.2, 0.25) is 0 Å². The highest BCUT2D eigenvalue weighted by atomic mass is 16.6. The summed E-state index contributed by atoms with van der Waals surface area (Å²) in [5.41, 5.74) is 1.76. The van der Waals surface area contributed by atoms with Gasteiger partial charge < -0.3 is 14.4 Å². The molecule has 2 amide bonds. The lowest BCUT2D eigenvalue weighted by Crippen LogP contribution is -2.42. The van der Waals surface area contributed by atoms with Crippen molar-refractivity contribution in [1.29, 1.82) is 0 Å².